The molecule has 0 spiro atoms. The predicted octanol–water partition coefficient (Wildman–Crippen LogP) is 6.12. The van der Waals surface area contributed by atoms with Gasteiger partial charge in [-0.1, -0.05) is 42.8 Å². The molecule has 1 unspecified atom stereocenters. The van der Waals surface area contributed by atoms with Crippen molar-refractivity contribution in [2.45, 2.75) is 60.5 Å². The molecule has 0 bridgehead atoms. The van der Waals surface area contributed by atoms with Crippen LogP contribution in [0.25, 0.3) is 0 Å². The van der Waals surface area contributed by atoms with E-state index in [0.29, 0.717) is 21.9 Å². The lowest BCUT2D eigenvalue weighted by Crippen LogP contribution is -2.20. The van der Waals surface area contributed by atoms with E-state index < -0.39 is 11.7 Å². The van der Waals surface area contributed by atoms with Gasteiger partial charge in [0.25, 0.3) is 0 Å². The molecule has 1 aliphatic heterocycles. The SMILES string of the molecule is CCCc1cc(Sc2ccc(CCCC3(CO)CN3)c(Cl)c2)cc(C(F)(F)F)c1. The van der Waals surface area contributed by atoms with Gasteiger partial charge in [-0.3, -0.25) is 0 Å². The van der Waals surface area contributed by atoms with Crippen LogP contribution in [0.1, 0.15) is 42.9 Å². The van der Waals surface area contributed by atoms with Crippen molar-refractivity contribution in [2.75, 3.05) is 13.2 Å². The Hall–Kier alpha value is -1.21. The highest BCUT2D eigenvalue weighted by atomic mass is 35.5. The molecule has 29 heavy (non-hydrogen) atoms. The number of benzene rings is 2. The maximum Gasteiger partial charge on any atom is 0.416 e. The summed E-state index contributed by atoms with van der Waals surface area (Å²) in [6.07, 6.45) is -0.352. The van der Waals surface area contributed by atoms with Crippen LogP contribution in [0.2, 0.25) is 5.02 Å². The second kappa shape index (κ2) is 9.29. The minimum atomic E-state index is -4.36. The Balaban J connectivity index is 1.69. The molecule has 1 heterocycles. The number of alkyl halides is 3. The van der Waals surface area contributed by atoms with E-state index in [0.717, 1.165) is 42.7 Å². The van der Waals surface area contributed by atoms with Gasteiger partial charge in [-0.15, -0.1) is 0 Å². The van der Waals surface area contributed by atoms with Crippen LogP contribution in [-0.4, -0.2) is 23.8 Å². The molecule has 0 saturated carbocycles. The fourth-order valence-electron chi connectivity index (χ4n) is 3.36. The normalized spacial score (nSPS) is 18.8. The Morgan fingerprint density at radius 3 is 2.48 bits per heavy atom. The highest BCUT2D eigenvalue weighted by molar-refractivity contribution is 7.99. The van der Waals surface area contributed by atoms with Crippen LogP contribution in [0.3, 0.4) is 0 Å². The summed E-state index contributed by atoms with van der Waals surface area (Å²) in [6.45, 7) is 2.95. The fraction of sp³-hybridized carbons (Fsp3) is 0.455. The van der Waals surface area contributed by atoms with E-state index in [1.54, 1.807) is 0 Å². The molecule has 2 nitrogen and oxygen atoms in total. The second-order valence-electron chi connectivity index (χ2n) is 7.61. The Kier molecular flexibility index (Phi) is 7.20. The highest BCUT2D eigenvalue weighted by Crippen LogP contribution is 2.37. The molecule has 2 N–H and O–H groups in total. The maximum absolute atomic E-state index is 13.2. The highest BCUT2D eigenvalue weighted by Gasteiger charge is 2.40. The van der Waals surface area contributed by atoms with Gasteiger partial charge in [0, 0.05) is 21.4 Å². The molecule has 0 aliphatic carbocycles. The molecule has 1 saturated heterocycles. The molecule has 0 amide bonds. The van der Waals surface area contributed by atoms with Gasteiger partial charge in [0.05, 0.1) is 17.7 Å². The van der Waals surface area contributed by atoms with Crippen LogP contribution in [0.4, 0.5) is 13.2 Å². The lowest BCUT2D eigenvalue weighted by atomic mass is 10.0. The number of halogens is 4. The summed E-state index contributed by atoms with van der Waals surface area (Å²) in [6, 6.07) is 9.92. The molecule has 7 heteroatoms. The molecule has 158 valence electrons. The molecule has 3 rings (SSSR count). The fourth-order valence-corrected chi connectivity index (χ4v) is 4.68. The quantitative estimate of drug-likeness (QED) is 0.459. The van der Waals surface area contributed by atoms with E-state index in [9.17, 15) is 18.3 Å². The van der Waals surface area contributed by atoms with Gasteiger partial charge in [0.1, 0.15) is 0 Å². The molecular formula is C22H25ClF3NOS. The van der Waals surface area contributed by atoms with Gasteiger partial charge in [-0.25, -0.2) is 0 Å². The van der Waals surface area contributed by atoms with Gasteiger partial charge < -0.3 is 10.4 Å². The van der Waals surface area contributed by atoms with Crippen LogP contribution in [0, 0.1) is 0 Å². The van der Waals surface area contributed by atoms with Crippen molar-refractivity contribution in [2.24, 2.45) is 0 Å². The van der Waals surface area contributed by atoms with Crippen LogP contribution >= 0.6 is 23.4 Å². The first kappa shape index (κ1) is 22.5. The number of aliphatic hydroxyl groups excluding tert-OH is 1. The Morgan fingerprint density at radius 2 is 1.90 bits per heavy atom. The second-order valence-corrected chi connectivity index (χ2v) is 9.17. The van der Waals surface area contributed by atoms with Crippen molar-refractivity contribution < 1.29 is 18.3 Å². The molecular weight excluding hydrogens is 419 g/mol. The molecule has 1 fully saturated rings. The zero-order chi connectivity index (χ0) is 21.1. The Labute approximate surface area is 178 Å². The molecule has 0 aromatic heterocycles. The number of nitrogens with one attached hydrogen (secondary N) is 1. The van der Waals surface area contributed by atoms with Crippen molar-refractivity contribution >= 4 is 23.4 Å². The van der Waals surface area contributed by atoms with Crippen molar-refractivity contribution in [1.82, 2.24) is 5.32 Å². The monoisotopic (exact) mass is 443 g/mol. The van der Waals surface area contributed by atoms with Crippen LogP contribution in [-0.2, 0) is 19.0 Å². The van der Waals surface area contributed by atoms with E-state index in [4.69, 9.17) is 11.6 Å². The van der Waals surface area contributed by atoms with E-state index in [2.05, 4.69) is 5.32 Å². The lowest BCUT2D eigenvalue weighted by Gasteiger charge is -2.13. The van der Waals surface area contributed by atoms with Crippen LogP contribution in [0.15, 0.2) is 46.2 Å². The van der Waals surface area contributed by atoms with Crippen molar-refractivity contribution in [1.29, 1.82) is 0 Å². The van der Waals surface area contributed by atoms with Crippen LogP contribution in [0.5, 0.6) is 0 Å². The van der Waals surface area contributed by atoms with Gasteiger partial charge in [0.15, 0.2) is 0 Å². The number of aryl methyl sites for hydroxylation is 2. The zero-order valence-electron chi connectivity index (χ0n) is 16.3. The smallest absolute Gasteiger partial charge is 0.394 e. The summed E-state index contributed by atoms with van der Waals surface area (Å²) in [5, 5.41) is 13.2. The van der Waals surface area contributed by atoms with Crippen molar-refractivity contribution in [3.8, 4) is 0 Å². The van der Waals surface area contributed by atoms with E-state index >= 15 is 0 Å². The average molecular weight is 444 g/mol. The largest absolute Gasteiger partial charge is 0.416 e. The summed E-state index contributed by atoms with van der Waals surface area (Å²) in [5.74, 6) is 0. The first-order valence-electron chi connectivity index (χ1n) is 9.78. The van der Waals surface area contributed by atoms with Crippen LogP contribution < -0.4 is 5.32 Å². The number of hydrogen-bond acceptors (Lipinski definition) is 3. The summed E-state index contributed by atoms with van der Waals surface area (Å²) < 4.78 is 39.7. The number of hydrogen-bond donors (Lipinski definition) is 2. The van der Waals surface area contributed by atoms with Gasteiger partial charge >= 0.3 is 6.18 Å². The van der Waals surface area contributed by atoms with Gasteiger partial charge in [0.2, 0.25) is 0 Å². The first-order valence-corrected chi connectivity index (χ1v) is 11.0. The van der Waals surface area contributed by atoms with E-state index in [1.165, 1.54) is 23.9 Å². The molecule has 1 atom stereocenters. The van der Waals surface area contributed by atoms with Gasteiger partial charge in [-0.2, -0.15) is 13.2 Å². The average Bonchev–Trinajstić information content (AvgIpc) is 3.43. The molecule has 0 radical (unpaired) electrons. The Morgan fingerprint density at radius 1 is 1.14 bits per heavy atom. The third-order valence-corrected chi connectivity index (χ3v) is 6.49. The first-order chi connectivity index (χ1) is 13.7. The van der Waals surface area contributed by atoms with Crippen molar-refractivity contribution in [3.05, 3.63) is 58.1 Å². The van der Waals surface area contributed by atoms with Gasteiger partial charge in [-0.05, 0) is 67.1 Å². The number of rotatable bonds is 9. The number of aliphatic hydroxyl groups is 1. The summed E-state index contributed by atoms with van der Waals surface area (Å²) in [7, 11) is 0. The summed E-state index contributed by atoms with van der Waals surface area (Å²) >= 11 is 7.72. The molecule has 2 aromatic carbocycles. The zero-order valence-corrected chi connectivity index (χ0v) is 17.9. The Bertz CT molecular complexity index is 852. The standard InChI is InChI=1S/C22H25ClF3NOS/c1-2-4-15-9-17(22(24,25)26)11-19(10-15)29-18-7-6-16(20(23)12-18)5-3-8-21(14-28)13-27-21/h6-7,9-12,27-28H,2-5,8,13-14H2,1H3. The van der Waals surface area contributed by atoms with E-state index in [1.807, 2.05) is 31.2 Å². The third-order valence-electron chi connectivity index (χ3n) is 5.17. The summed E-state index contributed by atoms with van der Waals surface area (Å²) in [5.41, 5.74) is 0.988. The summed E-state index contributed by atoms with van der Waals surface area (Å²) in [4.78, 5) is 1.38. The third kappa shape index (κ3) is 6.14. The molecule has 2 aromatic rings. The molecule has 1 aliphatic rings. The topological polar surface area (TPSA) is 42.2 Å². The maximum atomic E-state index is 13.2. The minimum Gasteiger partial charge on any atom is -0.394 e. The lowest BCUT2D eigenvalue weighted by molar-refractivity contribution is -0.137. The predicted molar refractivity (Wildman–Crippen MR) is 112 cm³/mol. The van der Waals surface area contributed by atoms with Crippen molar-refractivity contribution in [3.63, 3.8) is 0 Å². The van der Waals surface area contributed by atoms with E-state index in [-0.39, 0.29) is 12.1 Å². The minimum absolute atomic E-state index is 0.109.